The summed E-state index contributed by atoms with van der Waals surface area (Å²) in [5.41, 5.74) is 0. The molecule has 5 fully saturated rings. The van der Waals surface area contributed by atoms with Crippen molar-refractivity contribution in [2.45, 2.75) is 154 Å². The van der Waals surface area contributed by atoms with Crippen LogP contribution in [0.25, 0.3) is 0 Å². The predicted molar refractivity (Wildman–Crippen MR) is 167 cm³/mol. The first-order valence-electron chi connectivity index (χ1n) is 17.6. The van der Waals surface area contributed by atoms with Crippen molar-refractivity contribution in [3.8, 4) is 0 Å². The molecule has 5 heterocycles. The Morgan fingerprint density at radius 2 is 0.625 bits per heavy atom. The number of rotatable bonds is 13. The van der Waals surface area contributed by atoms with E-state index >= 15 is 0 Å². The van der Waals surface area contributed by atoms with Gasteiger partial charge >= 0.3 is 0 Å². The number of aliphatic hydroxyl groups excluding tert-OH is 17. The van der Waals surface area contributed by atoms with Crippen molar-refractivity contribution in [1.82, 2.24) is 0 Å². The first kappa shape index (κ1) is 46.0. The Bertz CT molecular complexity index is 1200. The lowest BCUT2D eigenvalue weighted by molar-refractivity contribution is -0.392. The van der Waals surface area contributed by atoms with E-state index in [9.17, 15) is 86.8 Å². The van der Waals surface area contributed by atoms with Crippen molar-refractivity contribution in [1.29, 1.82) is 0 Å². The van der Waals surface area contributed by atoms with Crippen LogP contribution in [-0.2, 0) is 42.6 Å². The summed E-state index contributed by atoms with van der Waals surface area (Å²) in [5, 5.41) is 177. The summed E-state index contributed by atoms with van der Waals surface area (Å²) < 4.78 is 49.1. The van der Waals surface area contributed by atoms with Crippen molar-refractivity contribution in [3.63, 3.8) is 0 Å². The molecule has 0 saturated carbocycles. The Kier molecular flexibility index (Phi) is 16.1. The van der Waals surface area contributed by atoms with Crippen molar-refractivity contribution < 1.29 is 129 Å². The zero-order valence-electron chi connectivity index (χ0n) is 29.2. The average molecular weight is 829 g/mol. The largest absolute Gasteiger partial charge is 0.394 e. The summed E-state index contributed by atoms with van der Waals surface area (Å²) in [6, 6.07) is 0. The smallest absolute Gasteiger partial charge is 0.187 e. The van der Waals surface area contributed by atoms with Crippen LogP contribution >= 0.6 is 0 Å². The van der Waals surface area contributed by atoms with E-state index < -0.39 is 187 Å². The van der Waals surface area contributed by atoms with Crippen LogP contribution in [0.2, 0.25) is 0 Å². The van der Waals surface area contributed by atoms with E-state index in [1.165, 1.54) is 0 Å². The predicted octanol–water partition coefficient (Wildman–Crippen LogP) is -11.9. The molecule has 25 atom stereocenters. The fourth-order valence-corrected chi connectivity index (χ4v) is 6.91. The third kappa shape index (κ3) is 9.31. The van der Waals surface area contributed by atoms with Gasteiger partial charge in [0.25, 0.3) is 0 Å². The van der Waals surface area contributed by atoms with Crippen molar-refractivity contribution in [3.05, 3.63) is 0 Å². The number of ether oxygens (including phenoxy) is 9. The molecular formula is C30H52O26. The summed E-state index contributed by atoms with van der Waals surface area (Å²) in [4.78, 5) is 0. The first-order chi connectivity index (χ1) is 26.5. The number of hydrogen-bond donors (Lipinski definition) is 17. The van der Waals surface area contributed by atoms with Crippen LogP contribution in [-0.4, -0.2) is 273 Å². The molecule has 1 unspecified atom stereocenters. The number of hydrogen-bond acceptors (Lipinski definition) is 26. The van der Waals surface area contributed by atoms with Gasteiger partial charge < -0.3 is 129 Å². The lowest BCUT2D eigenvalue weighted by Gasteiger charge is -2.49. The Morgan fingerprint density at radius 3 is 1.07 bits per heavy atom. The minimum atomic E-state index is -2.20. The van der Waals surface area contributed by atoms with E-state index in [-0.39, 0.29) is 0 Å². The zero-order chi connectivity index (χ0) is 41.3. The van der Waals surface area contributed by atoms with Gasteiger partial charge in [0.05, 0.1) is 33.0 Å². The van der Waals surface area contributed by atoms with Crippen LogP contribution in [0.5, 0.6) is 0 Å². The second-order valence-electron chi connectivity index (χ2n) is 14.0. The average Bonchev–Trinajstić information content (AvgIpc) is 3.18. The van der Waals surface area contributed by atoms with Gasteiger partial charge in [-0.25, -0.2) is 0 Å². The van der Waals surface area contributed by atoms with Crippen LogP contribution in [0.15, 0.2) is 0 Å². The molecule has 0 aromatic heterocycles. The first-order valence-corrected chi connectivity index (χ1v) is 17.6. The van der Waals surface area contributed by atoms with Gasteiger partial charge in [-0.1, -0.05) is 0 Å². The molecule has 0 aromatic carbocycles. The lowest BCUT2D eigenvalue weighted by atomic mass is 9.95. The van der Waals surface area contributed by atoms with E-state index in [1.807, 2.05) is 0 Å². The minimum absolute atomic E-state index is 0.825. The molecule has 0 aromatic rings. The zero-order valence-corrected chi connectivity index (χ0v) is 29.2. The molecule has 0 amide bonds. The van der Waals surface area contributed by atoms with Gasteiger partial charge in [0.2, 0.25) is 0 Å². The summed E-state index contributed by atoms with van der Waals surface area (Å²) in [6.45, 7) is -4.38. The van der Waals surface area contributed by atoms with E-state index in [4.69, 9.17) is 42.6 Å². The molecule has 26 nitrogen and oxygen atoms in total. The molecule has 17 N–H and O–H groups in total. The third-order valence-corrected chi connectivity index (χ3v) is 10.3. The quantitative estimate of drug-likeness (QED) is 0.0819. The molecule has 5 aliphatic rings. The van der Waals surface area contributed by atoms with Gasteiger partial charge in [0, 0.05) is 0 Å². The molecule has 0 radical (unpaired) electrons. The highest BCUT2D eigenvalue weighted by Crippen LogP contribution is 2.35. The molecule has 5 saturated heterocycles. The molecule has 56 heavy (non-hydrogen) atoms. The summed E-state index contributed by atoms with van der Waals surface area (Å²) >= 11 is 0. The van der Waals surface area contributed by atoms with Gasteiger partial charge in [-0.2, -0.15) is 0 Å². The molecule has 26 heteroatoms. The second kappa shape index (κ2) is 19.6. The molecular weight excluding hydrogens is 776 g/mol. The van der Waals surface area contributed by atoms with Gasteiger partial charge in [0.15, 0.2) is 31.5 Å². The molecule has 0 aliphatic carbocycles. The summed E-state index contributed by atoms with van der Waals surface area (Å²) in [6.07, 6.45) is -47.1. The molecule has 328 valence electrons. The lowest BCUT2D eigenvalue weighted by Crippen LogP contribution is -2.68. The Balaban J connectivity index is 1.39. The van der Waals surface area contributed by atoms with E-state index in [1.54, 1.807) is 0 Å². The highest BCUT2D eigenvalue weighted by Gasteiger charge is 2.56. The van der Waals surface area contributed by atoms with Crippen LogP contribution in [0.4, 0.5) is 0 Å². The fourth-order valence-electron chi connectivity index (χ4n) is 6.91. The normalized spacial score (nSPS) is 53.2. The van der Waals surface area contributed by atoms with Crippen molar-refractivity contribution in [2.75, 3.05) is 33.0 Å². The topological polar surface area (TPSA) is 427 Å². The maximum atomic E-state index is 11.4. The highest BCUT2D eigenvalue weighted by molar-refractivity contribution is 4.98. The Hall–Kier alpha value is -1.04. The summed E-state index contributed by atoms with van der Waals surface area (Å²) in [5.74, 6) is 0. The Labute approximate surface area is 316 Å². The maximum absolute atomic E-state index is 11.4. The molecule has 5 aliphatic heterocycles. The van der Waals surface area contributed by atoms with E-state index in [2.05, 4.69) is 0 Å². The summed E-state index contributed by atoms with van der Waals surface area (Å²) in [7, 11) is 0. The maximum Gasteiger partial charge on any atom is 0.187 e. The van der Waals surface area contributed by atoms with Gasteiger partial charge in [0.1, 0.15) is 122 Å². The standard InChI is InChI=1S/C30H52O26/c31-1-6-11(35)16(40)18(42)27(50-6)48-5-10-15(39)25(55-28-19(43)17(41)12(36)7(2-32)51-28)22(46)30(53-10)56-24-14(38)9(4-34)52-29(21(24)45)54-23-13(37)8(3-33)49-26(47)20(23)44/h6-47H,1-5H2/t6-,7-,8-,9-,10-,11-,12-,13-,14-,15-,16+,17+,18-,19-,20-,21-,22-,23+,24+,25+,26?,27-,28+,29+,30+/m1/s1. The minimum Gasteiger partial charge on any atom is -0.394 e. The molecule has 0 spiro atoms. The van der Waals surface area contributed by atoms with Gasteiger partial charge in [-0.15, -0.1) is 0 Å². The van der Waals surface area contributed by atoms with Gasteiger partial charge in [-0.05, 0) is 0 Å². The van der Waals surface area contributed by atoms with Crippen LogP contribution in [0.3, 0.4) is 0 Å². The number of aliphatic hydroxyl groups is 17. The highest BCUT2D eigenvalue weighted by atomic mass is 16.8. The molecule has 0 bridgehead atoms. The Morgan fingerprint density at radius 1 is 0.304 bits per heavy atom. The third-order valence-electron chi connectivity index (χ3n) is 10.3. The SMILES string of the molecule is OC[C@H]1O[C@@H](OC[C@H]2O[C@@H](O[C@@H]3[C@@H](O)[C@H](O[C@H]4[C@H](O)[C@@H](CO)OC(O)[C@@H]4O)O[C@H](CO)[C@H]3O)[C@H](O)[C@@H](O[C@@H]3O[C@H](CO)[C@@H](O)[C@H](O)[C@H]3O)[C@@H]2O)[C@H](O)[C@@H](O)[C@@H]1O. The van der Waals surface area contributed by atoms with Gasteiger partial charge in [-0.3, -0.25) is 0 Å². The van der Waals surface area contributed by atoms with E-state index in [0.717, 1.165) is 0 Å². The van der Waals surface area contributed by atoms with Crippen molar-refractivity contribution in [2.24, 2.45) is 0 Å². The molecule has 5 rings (SSSR count). The fraction of sp³-hybridized carbons (Fsp3) is 1.00. The van der Waals surface area contributed by atoms with Crippen LogP contribution in [0.1, 0.15) is 0 Å². The van der Waals surface area contributed by atoms with E-state index in [0.29, 0.717) is 0 Å². The monoisotopic (exact) mass is 828 g/mol. The van der Waals surface area contributed by atoms with Crippen LogP contribution < -0.4 is 0 Å². The van der Waals surface area contributed by atoms with Crippen LogP contribution in [0, 0.1) is 0 Å². The second-order valence-corrected chi connectivity index (χ2v) is 14.0. The van der Waals surface area contributed by atoms with Crippen molar-refractivity contribution >= 4 is 0 Å².